The largest absolute Gasteiger partial charge is 0.508 e. The van der Waals surface area contributed by atoms with Crippen molar-refractivity contribution in [2.75, 3.05) is 0 Å². The van der Waals surface area contributed by atoms with Gasteiger partial charge in [-0.25, -0.2) is 0 Å². The van der Waals surface area contributed by atoms with Gasteiger partial charge in [-0.1, -0.05) is 18.2 Å². The molecule has 0 amide bonds. The van der Waals surface area contributed by atoms with E-state index in [9.17, 15) is 13.2 Å². The first-order valence-corrected chi connectivity index (χ1v) is 6.12. The molecule has 0 bridgehead atoms. The molecule has 0 heterocycles. The lowest BCUT2D eigenvalue weighted by atomic mass is 10.1. The Balaban J connectivity index is 2.21. The zero-order valence-corrected chi connectivity index (χ0v) is 10.9. The summed E-state index contributed by atoms with van der Waals surface area (Å²) in [4.78, 5) is 0. The number of hydrogen-bond donors (Lipinski definition) is 2. The summed E-state index contributed by atoms with van der Waals surface area (Å²) in [6.45, 7) is -0.525. The number of benzene rings is 2. The highest BCUT2D eigenvalue weighted by molar-refractivity contribution is 5.39. The van der Waals surface area contributed by atoms with Crippen LogP contribution in [0.2, 0.25) is 0 Å². The van der Waals surface area contributed by atoms with Gasteiger partial charge in [-0.05, 0) is 35.4 Å². The van der Waals surface area contributed by atoms with Crippen molar-refractivity contribution in [1.29, 1.82) is 0 Å². The fraction of sp³-hybridized carbons (Fsp3) is 0.200. The van der Waals surface area contributed by atoms with Gasteiger partial charge in [0, 0.05) is 0 Å². The molecule has 2 rings (SSSR count). The van der Waals surface area contributed by atoms with E-state index in [-0.39, 0.29) is 23.7 Å². The quantitative estimate of drug-likeness (QED) is 0.908. The number of phenols is 1. The van der Waals surface area contributed by atoms with Gasteiger partial charge in [0.05, 0.1) is 12.2 Å². The second-order valence-corrected chi connectivity index (χ2v) is 4.44. The van der Waals surface area contributed by atoms with Gasteiger partial charge >= 0.3 is 6.18 Å². The third-order valence-corrected chi connectivity index (χ3v) is 2.86. The molecule has 0 aliphatic rings. The van der Waals surface area contributed by atoms with Crippen LogP contribution in [-0.2, 0) is 19.4 Å². The van der Waals surface area contributed by atoms with Crippen LogP contribution in [0.4, 0.5) is 13.2 Å². The molecular formula is C15H13F3O3. The summed E-state index contributed by atoms with van der Waals surface area (Å²) in [6.07, 6.45) is -4.56. The Bertz CT molecular complexity index is 607. The van der Waals surface area contributed by atoms with Crippen molar-refractivity contribution in [1.82, 2.24) is 0 Å². The maximum Gasteiger partial charge on any atom is 0.419 e. The molecule has 0 spiro atoms. The SMILES string of the molecule is OCc1ccc(OCc2ccc(O)cc2)c(C(F)(F)F)c1. The van der Waals surface area contributed by atoms with Gasteiger partial charge in [-0.2, -0.15) is 13.2 Å². The molecule has 0 aliphatic carbocycles. The Labute approximate surface area is 119 Å². The predicted octanol–water partition coefficient (Wildman–Crippen LogP) is 3.48. The zero-order chi connectivity index (χ0) is 15.5. The minimum atomic E-state index is -4.56. The van der Waals surface area contributed by atoms with E-state index >= 15 is 0 Å². The highest BCUT2D eigenvalue weighted by atomic mass is 19.4. The number of alkyl halides is 3. The minimum absolute atomic E-state index is 0.0537. The monoisotopic (exact) mass is 298 g/mol. The molecule has 0 aliphatic heterocycles. The number of phenolic OH excluding ortho intramolecular Hbond substituents is 1. The first-order valence-electron chi connectivity index (χ1n) is 6.12. The van der Waals surface area contributed by atoms with Gasteiger partial charge < -0.3 is 14.9 Å². The van der Waals surface area contributed by atoms with Crippen molar-refractivity contribution in [3.63, 3.8) is 0 Å². The number of hydrogen-bond acceptors (Lipinski definition) is 3. The highest BCUT2D eigenvalue weighted by Crippen LogP contribution is 2.37. The lowest BCUT2D eigenvalue weighted by Crippen LogP contribution is -2.09. The number of aliphatic hydroxyl groups is 1. The molecule has 0 unspecified atom stereocenters. The molecule has 0 saturated carbocycles. The molecule has 21 heavy (non-hydrogen) atoms. The summed E-state index contributed by atoms with van der Waals surface area (Å²) in [7, 11) is 0. The first-order chi connectivity index (χ1) is 9.90. The maximum atomic E-state index is 12.9. The van der Waals surface area contributed by atoms with Crippen molar-refractivity contribution in [2.24, 2.45) is 0 Å². The lowest BCUT2D eigenvalue weighted by Gasteiger charge is -2.15. The molecule has 3 nitrogen and oxygen atoms in total. The summed E-state index contributed by atoms with van der Waals surface area (Å²) in [5, 5.41) is 18.1. The number of ether oxygens (including phenoxy) is 1. The molecular weight excluding hydrogens is 285 g/mol. The van der Waals surface area contributed by atoms with E-state index in [2.05, 4.69) is 0 Å². The van der Waals surface area contributed by atoms with E-state index < -0.39 is 18.3 Å². The van der Waals surface area contributed by atoms with Crippen molar-refractivity contribution in [2.45, 2.75) is 19.4 Å². The van der Waals surface area contributed by atoms with E-state index in [0.717, 1.165) is 6.07 Å². The second kappa shape index (κ2) is 6.05. The Morgan fingerprint density at radius 3 is 2.14 bits per heavy atom. The third-order valence-electron chi connectivity index (χ3n) is 2.86. The summed E-state index contributed by atoms with van der Waals surface area (Å²) >= 11 is 0. The summed E-state index contributed by atoms with van der Waals surface area (Å²) in [6, 6.07) is 9.41. The van der Waals surface area contributed by atoms with Crippen LogP contribution in [0.5, 0.6) is 11.5 Å². The molecule has 2 N–H and O–H groups in total. The maximum absolute atomic E-state index is 12.9. The first kappa shape index (κ1) is 15.2. The Hall–Kier alpha value is -2.21. The standard InChI is InChI=1S/C15H13F3O3/c16-15(17,18)13-7-11(8-19)3-6-14(13)21-9-10-1-4-12(20)5-2-10/h1-7,19-20H,8-9H2. The van der Waals surface area contributed by atoms with Crippen molar-refractivity contribution < 1.29 is 28.1 Å². The smallest absolute Gasteiger partial charge is 0.419 e. The van der Waals surface area contributed by atoms with E-state index in [4.69, 9.17) is 14.9 Å². The number of halogens is 3. The van der Waals surface area contributed by atoms with Gasteiger partial charge in [0.1, 0.15) is 18.1 Å². The molecule has 0 radical (unpaired) electrons. The summed E-state index contributed by atoms with van der Waals surface area (Å²) in [5.74, 6) is -0.227. The van der Waals surface area contributed by atoms with Crippen LogP contribution in [0, 0.1) is 0 Å². The van der Waals surface area contributed by atoms with Crippen LogP contribution in [0.25, 0.3) is 0 Å². The van der Waals surface area contributed by atoms with Crippen molar-refractivity contribution in [3.05, 3.63) is 59.2 Å². The Kier molecular flexibility index (Phi) is 4.37. The highest BCUT2D eigenvalue weighted by Gasteiger charge is 2.34. The van der Waals surface area contributed by atoms with Crippen LogP contribution in [0.3, 0.4) is 0 Å². The van der Waals surface area contributed by atoms with Gasteiger partial charge in [0.15, 0.2) is 0 Å². The average Bonchev–Trinajstić information content (AvgIpc) is 2.45. The molecule has 0 atom stereocenters. The van der Waals surface area contributed by atoms with Gasteiger partial charge in [-0.3, -0.25) is 0 Å². The topological polar surface area (TPSA) is 49.7 Å². The van der Waals surface area contributed by atoms with Crippen molar-refractivity contribution in [3.8, 4) is 11.5 Å². The number of aliphatic hydroxyl groups excluding tert-OH is 1. The molecule has 0 fully saturated rings. The van der Waals surface area contributed by atoms with Gasteiger partial charge in [-0.15, -0.1) is 0 Å². The Morgan fingerprint density at radius 1 is 0.952 bits per heavy atom. The number of rotatable bonds is 4. The zero-order valence-electron chi connectivity index (χ0n) is 10.9. The molecule has 0 saturated heterocycles. The fourth-order valence-corrected chi connectivity index (χ4v) is 1.78. The van der Waals surface area contributed by atoms with E-state index in [1.54, 1.807) is 12.1 Å². The summed E-state index contributed by atoms with van der Waals surface area (Å²) in [5.41, 5.74) is -0.126. The Morgan fingerprint density at radius 2 is 1.57 bits per heavy atom. The van der Waals surface area contributed by atoms with Gasteiger partial charge in [0.25, 0.3) is 0 Å². The van der Waals surface area contributed by atoms with E-state index in [0.29, 0.717) is 5.56 Å². The van der Waals surface area contributed by atoms with Crippen LogP contribution in [0.15, 0.2) is 42.5 Å². The van der Waals surface area contributed by atoms with Crippen LogP contribution in [-0.4, -0.2) is 10.2 Å². The summed E-state index contributed by atoms with van der Waals surface area (Å²) < 4.78 is 44.1. The predicted molar refractivity (Wildman–Crippen MR) is 69.8 cm³/mol. The lowest BCUT2D eigenvalue weighted by molar-refractivity contribution is -0.139. The molecule has 2 aromatic rings. The molecule has 6 heteroatoms. The van der Waals surface area contributed by atoms with Gasteiger partial charge in [0.2, 0.25) is 0 Å². The minimum Gasteiger partial charge on any atom is -0.508 e. The van der Waals surface area contributed by atoms with Crippen LogP contribution in [0.1, 0.15) is 16.7 Å². The molecule has 112 valence electrons. The van der Waals surface area contributed by atoms with Crippen LogP contribution >= 0.6 is 0 Å². The third kappa shape index (κ3) is 3.88. The molecule has 0 aromatic heterocycles. The fourth-order valence-electron chi connectivity index (χ4n) is 1.78. The number of aromatic hydroxyl groups is 1. The normalized spacial score (nSPS) is 11.4. The molecule has 2 aromatic carbocycles. The average molecular weight is 298 g/mol. The second-order valence-electron chi connectivity index (χ2n) is 4.44. The van der Waals surface area contributed by atoms with E-state index in [1.165, 1.54) is 24.3 Å². The van der Waals surface area contributed by atoms with Crippen molar-refractivity contribution >= 4 is 0 Å². The van der Waals surface area contributed by atoms with E-state index in [1.807, 2.05) is 0 Å². The van der Waals surface area contributed by atoms with Crippen LogP contribution < -0.4 is 4.74 Å².